The maximum atomic E-state index is 12.7. The number of hydrogen-bond acceptors (Lipinski definition) is 2. The van der Waals surface area contributed by atoms with Crippen LogP contribution in [-0.4, -0.2) is 23.2 Å². The number of aliphatic carboxylic acids is 1. The zero-order valence-electron chi connectivity index (χ0n) is 12.5. The summed E-state index contributed by atoms with van der Waals surface area (Å²) in [6, 6.07) is 5.97. The number of carboxylic acids is 1. The van der Waals surface area contributed by atoms with Gasteiger partial charge in [0.25, 0.3) is 0 Å². The van der Waals surface area contributed by atoms with Crippen molar-refractivity contribution in [3.63, 3.8) is 0 Å². The Kier molecular flexibility index (Phi) is 5.22. The SMILES string of the molecule is CC(C(=O)O)c1ccc(NC(=O)CC(C)(C)C(F)(F)F)cc1. The van der Waals surface area contributed by atoms with Gasteiger partial charge in [-0.25, -0.2) is 0 Å². The smallest absolute Gasteiger partial charge is 0.394 e. The summed E-state index contributed by atoms with van der Waals surface area (Å²) in [6.07, 6.45) is -5.16. The molecule has 0 aliphatic heterocycles. The molecule has 1 aromatic carbocycles. The van der Waals surface area contributed by atoms with Gasteiger partial charge in [0, 0.05) is 12.1 Å². The maximum absolute atomic E-state index is 12.7. The average molecular weight is 317 g/mol. The zero-order valence-corrected chi connectivity index (χ0v) is 12.5. The first-order chi connectivity index (χ1) is 9.94. The van der Waals surface area contributed by atoms with Crippen molar-refractivity contribution in [3.8, 4) is 0 Å². The Labute approximate surface area is 126 Å². The van der Waals surface area contributed by atoms with E-state index in [1.807, 2.05) is 0 Å². The van der Waals surface area contributed by atoms with Crippen LogP contribution in [0.2, 0.25) is 0 Å². The molecule has 2 N–H and O–H groups in total. The molecule has 0 heterocycles. The van der Waals surface area contributed by atoms with Crippen LogP contribution in [0.25, 0.3) is 0 Å². The van der Waals surface area contributed by atoms with Crippen LogP contribution in [0.15, 0.2) is 24.3 Å². The van der Waals surface area contributed by atoms with Gasteiger partial charge in [-0.3, -0.25) is 9.59 Å². The second kappa shape index (κ2) is 6.37. The van der Waals surface area contributed by atoms with E-state index in [0.29, 0.717) is 11.3 Å². The largest absolute Gasteiger partial charge is 0.481 e. The van der Waals surface area contributed by atoms with Gasteiger partial charge in [-0.05, 0) is 24.6 Å². The molecule has 1 unspecified atom stereocenters. The highest BCUT2D eigenvalue weighted by molar-refractivity contribution is 5.91. The number of rotatable bonds is 5. The lowest BCUT2D eigenvalue weighted by atomic mass is 9.88. The fourth-order valence-corrected chi connectivity index (χ4v) is 1.70. The summed E-state index contributed by atoms with van der Waals surface area (Å²) in [5.74, 6) is -2.43. The number of benzene rings is 1. The van der Waals surface area contributed by atoms with Crippen molar-refractivity contribution >= 4 is 17.6 Å². The maximum Gasteiger partial charge on any atom is 0.394 e. The molecule has 22 heavy (non-hydrogen) atoms. The van der Waals surface area contributed by atoms with Crippen LogP contribution < -0.4 is 5.32 Å². The highest BCUT2D eigenvalue weighted by atomic mass is 19.4. The van der Waals surface area contributed by atoms with Gasteiger partial charge in [0.2, 0.25) is 5.91 Å². The first-order valence-electron chi connectivity index (χ1n) is 6.63. The van der Waals surface area contributed by atoms with Gasteiger partial charge in [-0.2, -0.15) is 13.2 Å². The standard InChI is InChI=1S/C15H18F3NO3/c1-9(13(21)22)10-4-6-11(7-5-10)19-12(20)8-14(2,3)15(16,17)18/h4-7,9H,8H2,1-3H3,(H,19,20)(H,21,22). The molecule has 0 saturated carbocycles. The molecule has 0 radical (unpaired) electrons. The topological polar surface area (TPSA) is 66.4 Å². The van der Waals surface area contributed by atoms with E-state index < -0.39 is 35.8 Å². The predicted molar refractivity (Wildman–Crippen MR) is 75.6 cm³/mol. The quantitative estimate of drug-likeness (QED) is 0.868. The molecule has 1 aromatic rings. The second-order valence-electron chi connectivity index (χ2n) is 5.79. The Morgan fingerprint density at radius 2 is 1.68 bits per heavy atom. The fourth-order valence-electron chi connectivity index (χ4n) is 1.70. The highest BCUT2D eigenvalue weighted by Crippen LogP contribution is 2.40. The Balaban J connectivity index is 2.72. The number of halogens is 3. The lowest BCUT2D eigenvalue weighted by Crippen LogP contribution is -2.35. The lowest BCUT2D eigenvalue weighted by Gasteiger charge is -2.26. The number of alkyl halides is 3. The number of hydrogen-bond donors (Lipinski definition) is 2. The number of nitrogens with one attached hydrogen (secondary N) is 1. The van der Waals surface area contributed by atoms with E-state index >= 15 is 0 Å². The summed E-state index contributed by atoms with van der Waals surface area (Å²) >= 11 is 0. The van der Waals surface area contributed by atoms with Crippen molar-refractivity contribution in [3.05, 3.63) is 29.8 Å². The number of amides is 1. The minimum Gasteiger partial charge on any atom is -0.481 e. The molecule has 1 atom stereocenters. The molecular weight excluding hydrogens is 299 g/mol. The minimum absolute atomic E-state index is 0.323. The van der Waals surface area contributed by atoms with Crippen LogP contribution in [0.3, 0.4) is 0 Å². The average Bonchev–Trinajstić information content (AvgIpc) is 2.36. The third kappa shape index (κ3) is 4.47. The van der Waals surface area contributed by atoms with Crippen molar-refractivity contribution in [1.29, 1.82) is 0 Å². The summed E-state index contributed by atoms with van der Waals surface area (Å²) in [4.78, 5) is 22.5. The van der Waals surface area contributed by atoms with E-state index in [1.54, 1.807) is 0 Å². The Morgan fingerprint density at radius 3 is 2.09 bits per heavy atom. The van der Waals surface area contributed by atoms with Gasteiger partial charge in [-0.15, -0.1) is 0 Å². The van der Waals surface area contributed by atoms with Gasteiger partial charge in [0.15, 0.2) is 0 Å². The van der Waals surface area contributed by atoms with Gasteiger partial charge in [0.05, 0.1) is 11.3 Å². The van der Waals surface area contributed by atoms with Gasteiger partial charge >= 0.3 is 12.1 Å². The molecule has 4 nitrogen and oxygen atoms in total. The molecule has 0 saturated heterocycles. The van der Waals surface area contributed by atoms with Crippen LogP contribution in [-0.2, 0) is 9.59 Å². The van der Waals surface area contributed by atoms with E-state index in [0.717, 1.165) is 13.8 Å². The van der Waals surface area contributed by atoms with E-state index in [2.05, 4.69) is 5.32 Å². The number of carboxylic acid groups (broad SMARTS) is 1. The van der Waals surface area contributed by atoms with Crippen LogP contribution >= 0.6 is 0 Å². The molecular formula is C15H18F3NO3. The first kappa shape index (κ1) is 18.0. The van der Waals surface area contributed by atoms with E-state index in [-0.39, 0.29) is 0 Å². The molecule has 1 amide bonds. The Hall–Kier alpha value is -2.05. The van der Waals surface area contributed by atoms with E-state index in [1.165, 1.54) is 31.2 Å². The molecule has 0 aromatic heterocycles. The van der Waals surface area contributed by atoms with Crippen LogP contribution in [0.1, 0.15) is 38.7 Å². The number of anilines is 1. The molecule has 7 heteroatoms. The predicted octanol–water partition coefficient (Wildman–Crippen LogP) is 3.79. The van der Waals surface area contributed by atoms with Crippen LogP contribution in [0, 0.1) is 5.41 Å². The number of carbonyl (C=O) groups excluding carboxylic acids is 1. The van der Waals surface area contributed by atoms with Gasteiger partial charge in [-0.1, -0.05) is 26.0 Å². The summed E-state index contributed by atoms with van der Waals surface area (Å²) in [6.45, 7) is 3.44. The molecule has 0 spiro atoms. The monoisotopic (exact) mass is 317 g/mol. The summed E-state index contributed by atoms with van der Waals surface area (Å²) in [5.41, 5.74) is -1.25. The molecule has 0 fully saturated rings. The molecule has 0 aliphatic carbocycles. The van der Waals surface area contributed by atoms with Gasteiger partial charge in [0.1, 0.15) is 0 Å². The normalized spacial score (nSPS) is 13.5. The van der Waals surface area contributed by atoms with Crippen molar-refractivity contribution in [2.24, 2.45) is 5.41 Å². The highest BCUT2D eigenvalue weighted by Gasteiger charge is 2.48. The lowest BCUT2D eigenvalue weighted by molar-refractivity contribution is -0.213. The first-order valence-corrected chi connectivity index (χ1v) is 6.63. The zero-order chi connectivity index (χ0) is 17.1. The summed E-state index contributed by atoms with van der Waals surface area (Å²) in [5, 5.41) is 11.3. The Bertz CT molecular complexity index is 550. The third-order valence-electron chi connectivity index (χ3n) is 3.43. The third-order valence-corrected chi connectivity index (χ3v) is 3.43. The molecule has 1 rings (SSSR count). The van der Waals surface area contributed by atoms with Crippen molar-refractivity contribution < 1.29 is 27.9 Å². The fraction of sp³-hybridized carbons (Fsp3) is 0.467. The van der Waals surface area contributed by atoms with E-state index in [4.69, 9.17) is 5.11 Å². The van der Waals surface area contributed by atoms with Crippen LogP contribution in [0.5, 0.6) is 0 Å². The van der Waals surface area contributed by atoms with Crippen LogP contribution in [0.4, 0.5) is 18.9 Å². The van der Waals surface area contributed by atoms with Crippen molar-refractivity contribution in [2.45, 2.75) is 39.3 Å². The minimum atomic E-state index is -4.47. The Morgan fingerprint density at radius 1 is 1.18 bits per heavy atom. The van der Waals surface area contributed by atoms with E-state index in [9.17, 15) is 22.8 Å². The molecule has 0 bridgehead atoms. The second-order valence-corrected chi connectivity index (χ2v) is 5.79. The summed E-state index contributed by atoms with van der Waals surface area (Å²) in [7, 11) is 0. The number of carbonyl (C=O) groups is 2. The van der Waals surface area contributed by atoms with Gasteiger partial charge < -0.3 is 10.4 Å². The van der Waals surface area contributed by atoms with Crippen molar-refractivity contribution in [1.82, 2.24) is 0 Å². The summed E-state index contributed by atoms with van der Waals surface area (Å²) < 4.78 is 38.1. The molecule has 0 aliphatic rings. The molecule has 122 valence electrons. The van der Waals surface area contributed by atoms with Crippen molar-refractivity contribution in [2.75, 3.05) is 5.32 Å².